The van der Waals surface area contributed by atoms with Crippen molar-refractivity contribution in [2.45, 2.75) is 173 Å². The second kappa shape index (κ2) is 33.6. The van der Waals surface area contributed by atoms with Gasteiger partial charge in [0.25, 0.3) is 0 Å². The second-order valence-electron chi connectivity index (χ2n) is 12.6. The Morgan fingerprint density at radius 3 is 1.47 bits per heavy atom. The average molecular weight is 665 g/mol. The fourth-order valence-corrected chi connectivity index (χ4v) is 4.94. The highest BCUT2D eigenvalue weighted by Gasteiger charge is 2.15. The summed E-state index contributed by atoms with van der Waals surface area (Å²) < 4.78 is 10.1. The standard InChI is InChI=1S/C39H68O8/c1-3-5-7-8-9-10-11-12-13-14-15-20-24-30-38(44)46-32-35(41)33-47-39(45)31-25-29-37(43)36(42)28-23-19-17-16-18-22-27-34(40)26-21-6-4-2/h16-19,22-23,27-28,34-37,40-43H,3-15,20-21,24-26,29-33H2,1-2H3/b18-16-,19-17+,27-22+,28-23+/t34-,35+,36-,37-/m1/s1. The third-order valence-electron chi connectivity index (χ3n) is 7.93. The molecular formula is C39H68O8. The zero-order chi connectivity index (χ0) is 34.8. The van der Waals surface area contributed by atoms with Crippen LogP contribution in [-0.4, -0.2) is 70.0 Å². The predicted molar refractivity (Wildman–Crippen MR) is 191 cm³/mol. The molecule has 272 valence electrons. The van der Waals surface area contributed by atoms with Crippen LogP contribution < -0.4 is 0 Å². The van der Waals surface area contributed by atoms with Crippen LogP contribution in [0.15, 0.2) is 48.6 Å². The Hall–Kier alpha value is -2.26. The molecule has 0 aromatic heterocycles. The number of hydrogen-bond donors (Lipinski definition) is 4. The molecule has 4 N–H and O–H groups in total. The van der Waals surface area contributed by atoms with Gasteiger partial charge in [-0.15, -0.1) is 0 Å². The number of rotatable bonds is 32. The van der Waals surface area contributed by atoms with Crippen LogP contribution in [0.5, 0.6) is 0 Å². The third kappa shape index (κ3) is 32.1. The van der Waals surface area contributed by atoms with E-state index in [0.29, 0.717) is 12.8 Å². The highest BCUT2D eigenvalue weighted by molar-refractivity contribution is 5.69. The van der Waals surface area contributed by atoms with Crippen molar-refractivity contribution in [2.24, 2.45) is 0 Å². The van der Waals surface area contributed by atoms with Gasteiger partial charge in [-0.2, -0.15) is 0 Å². The largest absolute Gasteiger partial charge is 0.463 e. The van der Waals surface area contributed by atoms with Crippen molar-refractivity contribution >= 4 is 11.9 Å². The van der Waals surface area contributed by atoms with Gasteiger partial charge in [-0.25, -0.2) is 0 Å². The van der Waals surface area contributed by atoms with E-state index in [1.165, 1.54) is 70.3 Å². The number of aliphatic hydroxyl groups excluding tert-OH is 4. The first-order valence-electron chi connectivity index (χ1n) is 18.5. The zero-order valence-electron chi connectivity index (χ0n) is 29.6. The van der Waals surface area contributed by atoms with Crippen molar-refractivity contribution in [3.63, 3.8) is 0 Å². The fraction of sp³-hybridized carbons (Fsp3) is 0.744. The average Bonchev–Trinajstić information content (AvgIpc) is 3.06. The van der Waals surface area contributed by atoms with Crippen molar-refractivity contribution in [3.05, 3.63) is 48.6 Å². The van der Waals surface area contributed by atoms with Crippen LogP contribution in [0, 0.1) is 0 Å². The fourth-order valence-electron chi connectivity index (χ4n) is 4.94. The minimum Gasteiger partial charge on any atom is -0.463 e. The Kier molecular flexibility index (Phi) is 32.0. The lowest BCUT2D eigenvalue weighted by Gasteiger charge is -2.14. The normalized spacial score (nSPS) is 14.8. The second-order valence-corrected chi connectivity index (χ2v) is 12.6. The molecule has 0 aliphatic heterocycles. The number of hydrogen-bond acceptors (Lipinski definition) is 8. The van der Waals surface area contributed by atoms with Crippen LogP contribution in [0.25, 0.3) is 0 Å². The summed E-state index contributed by atoms with van der Waals surface area (Å²) in [5.41, 5.74) is 0. The maximum atomic E-state index is 12.0. The van der Waals surface area contributed by atoms with E-state index in [9.17, 15) is 30.0 Å². The minimum absolute atomic E-state index is 0.0323. The Morgan fingerprint density at radius 2 is 0.936 bits per heavy atom. The summed E-state index contributed by atoms with van der Waals surface area (Å²) >= 11 is 0. The molecule has 47 heavy (non-hydrogen) atoms. The minimum atomic E-state index is -1.09. The van der Waals surface area contributed by atoms with Gasteiger partial charge >= 0.3 is 11.9 Å². The number of aliphatic hydroxyl groups is 4. The molecule has 0 bridgehead atoms. The van der Waals surface area contributed by atoms with Gasteiger partial charge in [-0.3, -0.25) is 9.59 Å². The molecule has 0 rings (SSSR count). The molecular weight excluding hydrogens is 596 g/mol. The molecule has 0 spiro atoms. The van der Waals surface area contributed by atoms with Gasteiger partial charge in [0.2, 0.25) is 0 Å². The molecule has 0 amide bonds. The third-order valence-corrected chi connectivity index (χ3v) is 7.93. The van der Waals surface area contributed by atoms with Gasteiger partial charge in [0, 0.05) is 12.8 Å². The molecule has 0 fully saturated rings. The first-order chi connectivity index (χ1) is 22.8. The molecule has 0 aliphatic rings. The van der Waals surface area contributed by atoms with Crippen LogP contribution >= 0.6 is 0 Å². The Bertz CT molecular complexity index is 850. The van der Waals surface area contributed by atoms with Crippen molar-refractivity contribution < 1.29 is 39.5 Å². The number of ether oxygens (including phenoxy) is 2. The van der Waals surface area contributed by atoms with Crippen LogP contribution in [0.1, 0.15) is 149 Å². The summed E-state index contributed by atoms with van der Waals surface area (Å²) in [7, 11) is 0. The summed E-state index contributed by atoms with van der Waals surface area (Å²) in [6.45, 7) is 3.89. The predicted octanol–water partition coefficient (Wildman–Crippen LogP) is 7.97. The van der Waals surface area contributed by atoms with Gasteiger partial charge in [0.15, 0.2) is 0 Å². The number of carbonyl (C=O) groups is 2. The van der Waals surface area contributed by atoms with Gasteiger partial charge in [0.1, 0.15) is 19.3 Å². The number of allylic oxidation sites excluding steroid dienone is 6. The Labute approximate surface area is 286 Å². The van der Waals surface area contributed by atoms with Crippen molar-refractivity contribution in [3.8, 4) is 0 Å². The SMILES string of the molecule is CCCCCCCCCCCCCCCC(=O)OC[C@H](O)COC(=O)CCC[C@@H](O)[C@H](O)/C=C/C=C/C=C\C=C\[C@H](O)CCCCC. The highest BCUT2D eigenvalue weighted by Crippen LogP contribution is 2.13. The van der Waals surface area contributed by atoms with E-state index in [2.05, 4.69) is 13.8 Å². The van der Waals surface area contributed by atoms with Crippen LogP contribution in [0.4, 0.5) is 0 Å². The maximum Gasteiger partial charge on any atom is 0.305 e. The maximum absolute atomic E-state index is 12.0. The molecule has 8 heteroatoms. The van der Waals surface area contributed by atoms with E-state index in [1.807, 2.05) is 6.08 Å². The quantitative estimate of drug-likeness (QED) is 0.0323. The van der Waals surface area contributed by atoms with Gasteiger partial charge in [-0.1, -0.05) is 159 Å². The van der Waals surface area contributed by atoms with Crippen LogP contribution in [0.2, 0.25) is 0 Å². The van der Waals surface area contributed by atoms with Crippen molar-refractivity contribution in [1.29, 1.82) is 0 Å². The molecule has 0 aromatic rings. The monoisotopic (exact) mass is 664 g/mol. The van der Waals surface area contributed by atoms with Crippen molar-refractivity contribution in [2.75, 3.05) is 13.2 Å². The zero-order valence-corrected chi connectivity index (χ0v) is 29.6. The van der Waals surface area contributed by atoms with E-state index >= 15 is 0 Å². The smallest absolute Gasteiger partial charge is 0.305 e. The molecule has 0 saturated heterocycles. The van der Waals surface area contributed by atoms with Crippen LogP contribution in [-0.2, 0) is 19.1 Å². The molecule has 0 aromatic carbocycles. The molecule has 0 heterocycles. The summed E-state index contributed by atoms with van der Waals surface area (Å²) in [5.74, 6) is -0.884. The molecule has 0 aliphatic carbocycles. The first kappa shape index (κ1) is 44.7. The lowest BCUT2D eigenvalue weighted by Crippen LogP contribution is -2.26. The number of esters is 2. The molecule has 0 unspecified atom stereocenters. The lowest BCUT2D eigenvalue weighted by atomic mass is 10.0. The Balaban J connectivity index is 3.81. The van der Waals surface area contributed by atoms with E-state index < -0.39 is 30.4 Å². The van der Waals surface area contributed by atoms with Crippen LogP contribution in [0.3, 0.4) is 0 Å². The number of unbranched alkanes of at least 4 members (excludes halogenated alkanes) is 14. The molecule has 8 nitrogen and oxygen atoms in total. The lowest BCUT2D eigenvalue weighted by molar-refractivity contribution is -0.152. The number of carbonyl (C=O) groups excluding carboxylic acids is 2. The summed E-state index contributed by atoms with van der Waals surface area (Å²) in [5, 5.41) is 40.0. The van der Waals surface area contributed by atoms with E-state index in [4.69, 9.17) is 9.47 Å². The van der Waals surface area contributed by atoms with Gasteiger partial charge in [-0.05, 0) is 25.7 Å². The van der Waals surface area contributed by atoms with Gasteiger partial charge < -0.3 is 29.9 Å². The summed E-state index contributed by atoms with van der Waals surface area (Å²) in [4.78, 5) is 23.9. The van der Waals surface area contributed by atoms with E-state index in [0.717, 1.165) is 44.9 Å². The summed E-state index contributed by atoms with van der Waals surface area (Å²) in [6, 6.07) is 0. The topological polar surface area (TPSA) is 134 Å². The molecule has 0 saturated carbocycles. The van der Waals surface area contributed by atoms with Crippen molar-refractivity contribution in [1.82, 2.24) is 0 Å². The van der Waals surface area contributed by atoms with E-state index in [-0.39, 0.29) is 32.0 Å². The van der Waals surface area contributed by atoms with Gasteiger partial charge in [0.05, 0.1) is 18.3 Å². The van der Waals surface area contributed by atoms with E-state index in [1.54, 1.807) is 36.5 Å². The summed E-state index contributed by atoms with van der Waals surface area (Å²) in [6.07, 6.45) is 31.1. The molecule has 0 radical (unpaired) electrons. The highest BCUT2D eigenvalue weighted by atomic mass is 16.6. The molecule has 4 atom stereocenters. The Morgan fingerprint density at radius 1 is 0.511 bits per heavy atom. The first-order valence-corrected chi connectivity index (χ1v) is 18.5.